The van der Waals surface area contributed by atoms with Crippen LogP contribution in [0.3, 0.4) is 0 Å². The first-order valence-corrected chi connectivity index (χ1v) is 8.69. The van der Waals surface area contributed by atoms with Gasteiger partial charge >= 0.3 is 0 Å². The second-order valence-electron chi connectivity index (χ2n) is 5.75. The van der Waals surface area contributed by atoms with Crippen molar-refractivity contribution in [2.75, 3.05) is 0 Å². The summed E-state index contributed by atoms with van der Waals surface area (Å²) in [5, 5.41) is 0.125. The summed E-state index contributed by atoms with van der Waals surface area (Å²) in [5.41, 5.74) is 0.717. The summed E-state index contributed by atoms with van der Waals surface area (Å²) in [6, 6.07) is 4.57. The fourth-order valence-electron chi connectivity index (χ4n) is 1.20. The number of halogens is 1. The molecular formula is C14H21FOSi. The number of rotatable bonds is 3. The maximum atomic E-state index is 13.1. The highest BCUT2D eigenvalue weighted by molar-refractivity contribution is 6.74. The molecule has 0 unspecified atom stereocenters. The molecule has 0 aliphatic carbocycles. The van der Waals surface area contributed by atoms with Gasteiger partial charge in [-0.1, -0.05) is 33.4 Å². The van der Waals surface area contributed by atoms with Crippen LogP contribution in [0.25, 0.3) is 6.08 Å². The van der Waals surface area contributed by atoms with E-state index in [9.17, 15) is 4.39 Å². The summed E-state index contributed by atoms with van der Waals surface area (Å²) in [5.74, 6) is 0.468. The topological polar surface area (TPSA) is 9.23 Å². The van der Waals surface area contributed by atoms with Crippen molar-refractivity contribution in [3.05, 3.63) is 36.2 Å². The highest BCUT2D eigenvalue weighted by Gasteiger charge is 2.39. The van der Waals surface area contributed by atoms with Crippen molar-refractivity contribution in [2.45, 2.75) is 38.9 Å². The molecule has 0 N–H and O–H groups in total. The van der Waals surface area contributed by atoms with Crippen molar-refractivity contribution in [2.24, 2.45) is 0 Å². The molecule has 17 heavy (non-hydrogen) atoms. The summed E-state index contributed by atoms with van der Waals surface area (Å²) < 4.78 is 19.3. The van der Waals surface area contributed by atoms with Crippen LogP contribution >= 0.6 is 0 Å². The van der Waals surface area contributed by atoms with Crippen LogP contribution in [0.4, 0.5) is 4.39 Å². The molecule has 0 radical (unpaired) electrons. The molecule has 0 heterocycles. The smallest absolute Gasteiger partial charge is 0.250 e. The van der Waals surface area contributed by atoms with Gasteiger partial charge in [-0.2, -0.15) is 0 Å². The maximum Gasteiger partial charge on any atom is 0.250 e. The summed E-state index contributed by atoms with van der Waals surface area (Å²) in [4.78, 5) is 0. The van der Waals surface area contributed by atoms with Gasteiger partial charge < -0.3 is 4.43 Å². The average molecular weight is 252 g/mol. The predicted octanol–water partition coefficient (Wildman–Crippen LogP) is 4.85. The molecule has 0 atom stereocenters. The third kappa shape index (κ3) is 3.19. The monoisotopic (exact) mass is 252 g/mol. The average Bonchev–Trinajstić information content (AvgIpc) is 2.18. The molecule has 0 aliphatic rings. The molecule has 1 aromatic rings. The Balaban J connectivity index is 3.07. The molecule has 0 saturated heterocycles. The molecule has 94 valence electrons. The van der Waals surface area contributed by atoms with Crippen LogP contribution in [0.5, 0.6) is 5.75 Å². The van der Waals surface area contributed by atoms with E-state index in [-0.39, 0.29) is 10.9 Å². The molecule has 3 heteroatoms. The zero-order valence-electron chi connectivity index (χ0n) is 11.3. The van der Waals surface area contributed by atoms with Gasteiger partial charge in [0.05, 0.1) is 0 Å². The van der Waals surface area contributed by atoms with E-state index in [1.165, 1.54) is 12.1 Å². The lowest BCUT2D eigenvalue weighted by atomic mass is 10.2. The molecule has 1 aromatic carbocycles. The molecule has 0 aliphatic heterocycles. The minimum absolute atomic E-state index is 0.125. The number of hydrogen-bond donors (Lipinski definition) is 0. The highest BCUT2D eigenvalue weighted by atomic mass is 28.4. The zero-order valence-corrected chi connectivity index (χ0v) is 12.3. The van der Waals surface area contributed by atoms with E-state index < -0.39 is 8.32 Å². The second-order valence-corrected chi connectivity index (χ2v) is 10.5. The Bertz CT molecular complexity index is 419. The standard InChI is InChI=1S/C14H21FOSi/c1-7-11-10-12(15)8-9-13(11)16-17(5,6)14(2,3)4/h7-10H,1H2,2-6H3. The number of hydrogen-bond acceptors (Lipinski definition) is 1. The summed E-state index contributed by atoms with van der Waals surface area (Å²) in [6.45, 7) is 14.6. The normalized spacial score (nSPS) is 12.4. The SMILES string of the molecule is C=Cc1cc(F)ccc1O[Si](C)(C)C(C)(C)C. The van der Waals surface area contributed by atoms with Gasteiger partial charge in [0.2, 0.25) is 0 Å². The van der Waals surface area contributed by atoms with Crippen LogP contribution in [-0.4, -0.2) is 8.32 Å². The van der Waals surface area contributed by atoms with Gasteiger partial charge in [0.1, 0.15) is 11.6 Å². The molecule has 1 nitrogen and oxygen atoms in total. The summed E-state index contributed by atoms with van der Waals surface area (Å²) in [7, 11) is -1.88. The molecule has 0 fully saturated rings. The molecular weight excluding hydrogens is 231 g/mol. The lowest BCUT2D eigenvalue weighted by Crippen LogP contribution is -2.44. The fourth-order valence-corrected chi connectivity index (χ4v) is 2.24. The second kappa shape index (κ2) is 4.65. The van der Waals surface area contributed by atoms with Crippen molar-refractivity contribution in [1.29, 1.82) is 0 Å². The molecule has 1 rings (SSSR count). The van der Waals surface area contributed by atoms with E-state index in [2.05, 4.69) is 40.4 Å². The van der Waals surface area contributed by atoms with Crippen LogP contribution in [0, 0.1) is 5.82 Å². The van der Waals surface area contributed by atoms with Crippen molar-refractivity contribution >= 4 is 14.4 Å². The van der Waals surface area contributed by atoms with Gasteiger partial charge in [0.15, 0.2) is 0 Å². The first kappa shape index (κ1) is 14.0. The largest absolute Gasteiger partial charge is 0.543 e. The minimum Gasteiger partial charge on any atom is -0.543 e. The lowest BCUT2D eigenvalue weighted by Gasteiger charge is -2.36. The van der Waals surface area contributed by atoms with E-state index in [1.807, 2.05) is 0 Å². The first-order valence-electron chi connectivity index (χ1n) is 5.78. The predicted molar refractivity (Wildman–Crippen MR) is 74.3 cm³/mol. The Hall–Kier alpha value is -1.09. The Labute approximate surface area is 104 Å². The van der Waals surface area contributed by atoms with Crippen LogP contribution in [0.2, 0.25) is 18.1 Å². The van der Waals surface area contributed by atoms with E-state index in [0.29, 0.717) is 0 Å². The number of benzene rings is 1. The molecule has 0 spiro atoms. The fraction of sp³-hybridized carbons (Fsp3) is 0.429. The van der Waals surface area contributed by atoms with Gasteiger partial charge in [-0.05, 0) is 36.3 Å². The highest BCUT2D eigenvalue weighted by Crippen LogP contribution is 2.38. The van der Waals surface area contributed by atoms with Crippen molar-refractivity contribution < 1.29 is 8.82 Å². The summed E-state index contributed by atoms with van der Waals surface area (Å²) >= 11 is 0. The van der Waals surface area contributed by atoms with Gasteiger partial charge in [-0.25, -0.2) is 4.39 Å². The van der Waals surface area contributed by atoms with Gasteiger partial charge in [-0.3, -0.25) is 0 Å². The van der Waals surface area contributed by atoms with Crippen molar-refractivity contribution in [1.82, 2.24) is 0 Å². The van der Waals surface area contributed by atoms with Gasteiger partial charge in [-0.15, -0.1) is 0 Å². The maximum absolute atomic E-state index is 13.1. The summed E-state index contributed by atoms with van der Waals surface area (Å²) in [6.07, 6.45) is 1.63. The van der Waals surface area contributed by atoms with Crippen LogP contribution in [0.15, 0.2) is 24.8 Å². The van der Waals surface area contributed by atoms with E-state index in [4.69, 9.17) is 4.43 Å². The van der Waals surface area contributed by atoms with Crippen LogP contribution in [-0.2, 0) is 0 Å². The Morgan fingerprint density at radius 1 is 1.29 bits per heavy atom. The van der Waals surface area contributed by atoms with Gasteiger partial charge in [0.25, 0.3) is 8.32 Å². The van der Waals surface area contributed by atoms with E-state index in [0.717, 1.165) is 11.3 Å². The lowest BCUT2D eigenvalue weighted by molar-refractivity contribution is 0.489. The van der Waals surface area contributed by atoms with Crippen LogP contribution in [0.1, 0.15) is 26.3 Å². The Kier molecular flexibility index (Phi) is 3.82. The minimum atomic E-state index is -1.88. The van der Waals surface area contributed by atoms with Crippen molar-refractivity contribution in [3.8, 4) is 5.75 Å². The third-order valence-corrected chi connectivity index (χ3v) is 7.71. The molecule has 0 aromatic heterocycles. The zero-order chi connectivity index (χ0) is 13.3. The van der Waals surface area contributed by atoms with Crippen molar-refractivity contribution in [3.63, 3.8) is 0 Å². The quantitative estimate of drug-likeness (QED) is 0.699. The van der Waals surface area contributed by atoms with Gasteiger partial charge in [0, 0.05) is 5.56 Å². The van der Waals surface area contributed by atoms with E-state index >= 15 is 0 Å². The molecule has 0 saturated carbocycles. The first-order chi connectivity index (χ1) is 7.67. The molecule has 0 amide bonds. The third-order valence-electron chi connectivity index (χ3n) is 3.36. The Morgan fingerprint density at radius 2 is 1.88 bits per heavy atom. The molecule has 0 bridgehead atoms. The van der Waals surface area contributed by atoms with E-state index in [1.54, 1.807) is 12.1 Å². The Morgan fingerprint density at radius 3 is 2.35 bits per heavy atom. The van der Waals surface area contributed by atoms with Crippen LogP contribution < -0.4 is 4.43 Å².